The minimum atomic E-state index is -0.994. The molecule has 1 heterocycles. The predicted molar refractivity (Wildman–Crippen MR) is 83.6 cm³/mol. The second kappa shape index (κ2) is 6.51. The molecular weight excluding hydrogens is 291 g/mol. The van der Waals surface area contributed by atoms with Crippen molar-refractivity contribution < 1.29 is 14.3 Å². The maximum Gasteiger partial charge on any atom is 0.346 e. The van der Waals surface area contributed by atoms with Gasteiger partial charge in [0.05, 0.1) is 0 Å². The Morgan fingerprint density at radius 1 is 1.29 bits per heavy atom. The van der Waals surface area contributed by atoms with Crippen LogP contribution in [0.3, 0.4) is 0 Å². The molecule has 0 atom stereocenters. The Labute approximate surface area is 127 Å². The van der Waals surface area contributed by atoms with Crippen molar-refractivity contribution in [2.75, 3.05) is 34.2 Å². The molecule has 1 aromatic carbocycles. The van der Waals surface area contributed by atoms with E-state index < -0.39 is 5.97 Å². The first-order valence-corrected chi connectivity index (χ1v) is 7.48. The van der Waals surface area contributed by atoms with Crippen molar-refractivity contribution in [2.45, 2.75) is 6.54 Å². The maximum atomic E-state index is 14.1. The average Bonchev–Trinajstić information content (AvgIpc) is 2.77. The summed E-state index contributed by atoms with van der Waals surface area (Å²) >= 11 is 1.14. The Hall–Kier alpha value is -1.50. The van der Waals surface area contributed by atoms with E-state index in [0.29, 0.717) is 22.2 Å². The Morgan fingerprint density at radius 2 is 2.00 bits per heavy atom. The van der Waals surface area contributed by atoms with Crippen LogP contribution in [0.25, 0.3) is 10.1 Å². The molecule has 0 aliphatic heterocycles. The molecule has 0 saturated heterocycles. The van der Waals surface area contributed by atoms with Gasteiger partial charge in [0, 0.05) is 35.3 Å². The molecule has 0 spiro atoms. The smallest absolute Gasteiger partial charge is 0.346 e. The SMILES string of the molecule is CN(C)CCN(C)Cc1c(C(=O)O)sc2cccc(F)c12. The zero-order valence-electron chi connectivity index (χ0n) is 12.4. The predicted octanol–water partition coefficient (Wildman–Crippen LogP) is 2.73. The Balaban J connectivity index is 2.36. The minimum absolute atomic E-state index is 0.229. The van der Waals surface area contributed by atoms with E-state index >= 15 is 0 Å². The number of fused-ring (bicyclic) bond motifs is 1. The molecule has 21 heavy (non-hydrogen) atoms. The summed E-state index contributed by atoms with van der Waals surface area (Å²) in [5.41, 5.74) is 0.571. The summed E-state index contributed by atoms with van der Waals surface area (Å²) in [6.07, 6.45) is 0. The number of likely N-dealkylation sites (N-methyl/N-ethyl adjacent to an activating group) is 2. The largest absolute Gasteiger partial charge is 0.477 e. The number of hydrogen-bond acceptors (Lipinski definition) is 4. The number of benzene rings is 1. The third kappa shape index (κ3) is 3.58. The summed E-state index contributed by atoms with van der Waals surface area (Å²) in [5.74, 6) is -1.35. The number of carbonyl (C=O) groups is 1. The standard InChI is InChI=1S/C15H19FN2O2S/c1-17(2)7-8-18(3)9-10-13-11(16)5-4-6-12(13)21-14(10)15(19)20/h4-6H,7-9H2,1-3H3,(H,19,20). The minimum Gasteiger partial charge on any atom is -0.477 e. The van der Waals surface area contributed by atoms with Gasteiger partial charge in [0.1, 0.15) is 10.7 Å². The third-order valence-electron chi connectivity index (χ3n) is 3.31. The summed E-state index contributed by atoms with van der Waals surface area (Å²) < 4.78 is 14.8. The Kier molecular flexibility index (Phi) is 4.92. The molecule has 114 valence electrons. The fraction of sp³-hybridized carbons (Fsp3) is 0.400. The second-order valence-corrected chi connectivity index (χ2v) is 6.42. The fourth-order valence-corrected chi connectivity index (χ4v) is 3.28. The molecule has 0 fully saturated rings. The first kappa shape index (κ1) is 15.9. The number of nitrogens with zero attached hydrogens (tertiary/aromatic N) is 2. The van der Waals surface area contributed by atoms with Crippen LogP contribution >= 0.6 is 11.3 Å². The van der Waals surface area contributed by atoms with E-state index in [1.165, 1.54) is 6.07 Å². The number of carboxylic acid groups (broad SMARTS) is 1. The lowest BCUT2D eigenvalue weighted by atomic mass is 10.1. The molecule has 4 nitrogen and oxygen atoms in total. The number of rotatable bonds is 6. The van der Waals surface area contributed by atoms with Gasteiger partial charge in [0.2, 0.25) is 0 Å². The van der Waals surface area contributed by atoms with E-state index in [1.807, 2.05) is 26.0 Å². The lowest BCUT2D eigenvalue weighted by Gasteiger charge is -2.19. The molecule has 0 amide bonds. The summed E-state index contributed by atoms with van der Waals surface area (Å²) in [6, 6.07) is 4.75. The van der Waals surface area contributed by atoms with Crippen molar-refractivity contribution in [3.63, 3.8) is 0 Å². The molecule has 0 unspecified atom stereocenters. The third-order valence-corrected chi connectivity index (χ3v) is 4.50. The van der Waals surface area contributed by atoms with E-state index in [0.717, 1.165) is 24.4 Å². The number of halogens is 1. The van der Waals surface area contributed by atoms with Crippen LogP contribution in [-0.2, 0) is 6.54 Å². The van der Waals surface area contributed by atoms with Gasteiger partial charge in [-0.3, -0.25) is 0 Å². The normalized spacial score (nSPS) is 11.7. The van der Waals surface area contributed by atoms with Gasteiger partial charge >= 0.3 is 5.97 Å². The van der Waals surface area contributed by atoms with Gasteiger partial charge < -0.3 is 14.9 Å². The Bertz CT molecular complexity index is 654. The highest BCUT2D eigenvalue weighted by Crippen LogP contribution is 2.34. The van der Waals surface area contributed by atoms with Crippen LogP contribution in [0.5, 0.6) is 0 Å². The molecule has 0 aliphatic carbocycles. The molecular formula is C15H19FN2O2S. The number of aromatic carboxylic acids is 1. The van der Waals surface area contributed by atoms with Crippen LogP contribution in [0.4, 0.5) is 4.39 Å². The lowest BCUT2D eigenvalue weighted by molar-refractivity contribution is 0.0700. The summed E-state index contributed by atoms with van der Waals surface area (Å²) in [7, 11) is 5.88. The zero-order chi connectivity index (χ0) is 15.6. The first-order valence-electron chi connectivity index (χ1n) is 6.66. The quantitative estimate of drug-likeness (QED) is 0.891. The van der Waals surface area contributed by atoms with Crippen molar-refractivity contribution in [2.24, 2.45) is 0 Å². The van der Waals surface area contributed by atoms with Crippen LogP contribution in [0.2, 0.25) is 0 Å². The molecule has 2 aromatic rings. The second-order valence-electron chi connectivity index (χ2n) is 5.37. The Morgan fingerprint density at radius 3 is 2.62 bits per heavy atom. The molecule has 1 aromatic heterocycles. The van der Waals surface area contributed by atoms with Crippen LogP contribution in [-0.4, -0.2) is 55.1 Å². The lowest BCUT2D eigenvalue weighted by Crippen LogP contribution is -2.28. The average molecular weight is 310 g/mol. The number of thiophene rings is 1. The van der Waals surface area contributed by atoms with Gasteiger partial charge in [-0.25, -0.2) is 9.18 Å². The molecule has 2 rings (SSSR count). The molecule has 0 bridgehead atoms. The summed E-state index contributed by atoms with van der Waals surface area (Å²) in [6.45, 7) is 2.08. The molecule has 1 N–H and O–H groups in total. The highest BCUT2D eigenvalue weighted by molar-refractivity contribution is 7.21. The maximum absolute atomic E-state index is 14.1. The van der Waals surface area contributed by atoms with Gasteiger partial charge in [-0.15, -0.1) is 11.3 Å². The summed E-state index contributed by atoms with van der Waals surface area (Å²) in [5, 5.41) is 9.79. The van der Waals surface area contributed by atoms with Gasteiger partial charge in [0.25, 0.3) is 0 Å². The fourth-order valence-electron chi connectivity index (χ4n) is 2.21. The van der Waals surface area contributed by atoms with Gasteiger partial charge in [-0.05, 0) is 33.3 Å². The van der Waals surface area contributed by atoms with E-state index in [2.05, 4.69) is 4.90 Å². The zero-order valence-corrected chi connectivity index (χ0v) is 13.2. The number of carboxylic acids is 1. The monoisotopic (exact) mass is 310 g/mol. The van der Waals surface area contributed by atoms with Crippen molar-refractivity contribution >= 4 is 27.4 Å². The molecule has 6 heteroatoms. The number of hydrogen-bond donors (Lipinski definition) is 1. The van der Waals surface area contributed by atoms with Crippen molar-refractivity contribution in [1.29, 1.82) is 0 Å². The van der Waals surface area contributed by atoms with E-state index in [1.54, 1.807) is 12.1 Å². The topological polar surface area (TPSA) is 43.8 Å². The van der Waals surface area contributed by atoms with Crippen LogP contribution in [0, 0.1) is 5.82 Å². The van der Waals surface area contributed by atoms with Gasteiger partial charge in [-0.2, -0.15) is 0 Å². The molecule has 0 radical (unpaired) electrons. The van der Waals surface area contributed by atoms with Gasteiger partial charge in [0.15, 0.2) is 0 Å². The van der Waals surface area contributed by atoms with Crippen LogP contribution in [0.15, 0.2) is 18.2 Å². The highest BCUT2D eigenvalue weighted by atomic mass is 32.1. The highest BCUT2D eigenvalue weighted by Gasteiger charge is 2.21. The molecule has 0 aliphatic rings. The van der Waals surface area contributed by atoms with Gasteiger partial charge in [-0.1, -0.05) is 6.07 Å². The van der Waals surface area contributed by atoms with Crippen molar-refractivity contribution in [3.05, 3.63) is 34.5 Å². The van der Waals surface area contributed by atoms with Crippen molar-refractivity contribution in [1.82, 2.24) is 9.80 Å². The summed E-state index contributed by atoms with van der Waals surface area (Å²) in [4.78, 5) is 15.7. The van der Waals surface area contributed by atoms with Crippen LogP contribution in [0.1, 0.15) is 15.2 Å². The first-order chi connectivity index (χ1) is 9.90. The molecule has 0 saturated carbocycles. The van der Waals surface area contributed by atoms with E-state index in [4.69, 9.17) is 0 Å². The van der Waals surface area contributed by atoms with Crippen LogP contribution < -0.4 is 0 Å². The van der Waals surface area contributed by atoms with E-state index in [-0.39, 0.29) is 10.7 Å². The van der Waals surface area contributed by atoms with E-state index in [9.17, 15) is 14.3 Å². The van der Waals surface area contributed by atoms with Crippen molar-refractivity contribution in [3.8, 4) is 0 Å².